The summed E-state index contributed by atoms with van der Waals surface area (Å²) in [5.74, 6) is -0.0443. The molecule has 74 valence electrons. The lowest BCUT2D eigenvalue weighted by Gasteiger charge is -1.89. The molecule has 0 aliphatic rings. The molecule has 0 aliphatic carbocycles. The lowest BCUT2D eigenvalue weighted by Crippen LogP contribution is -2.05. The highest BCUT2D eigenvalue weighted by Gasteiger charge is 2.14. The molecule has 2 N–H and O–H groups in total. The van der Waals surface area contributed by atoms with E-state index in [-0.39, 0.29) is 17.5 Å². The molecule has 0 saturated carbocycles. The van der Waals surface area contributed by atoms with Gasteiger partial charge in [0.05, 0.1) is 0 Å². The molecule has 0 aliphatic heterocycles. The van der Waals surface area contributed by atoms with Crippen molar-refractivity contribution >= 4 is 17.7 Å². The zero-order valence-electron chi connectivity index (χ0n) is 7.39. The van der Waals surface area contributed by atoms with Gasteiger partial charge in [0.2, 0.25) is 6.08 Å². The van der Waals surface area contributed by atoms with E-state index >= 15 is 0 Å². The Hall–Kier alpha value is -2.53. The number of hydrogen-bond acceptors (Lipinski definition) is 5. The highest BCUT2D eigenvalue weighted by molar-refractivity contribution is 6.03. The molecule has 2 aromatic rings. The Morgan fingerprint density at radius 1 is 1.40 bits per heavy atom. The lowest BCUT2D eigenvalue weighted by molar-refractivity contribution is 0.102. The van der Waals surface area contributed by atoms with E-state index in [2.05, 4.69) is 24.9 Å². The highest BCUT2D eigenvalue weighted by Crippen LogP contribution is 2.08. The van der Waals surface area contributed by atoms with Crippen molar-refractivity contribution in [1.82, 2.24) is 19.9 Å². The van der Waals surface area contributed by atoms with Crippen molar-refractivity contribution in [3.8, 4) is 0 Å². The smallest absolute Gasteiger partial charge is 0.263 e. The van der Waals surface area contributed by atoms with Crippen molar-refractivity contribution in [3.63, 3.8) is 0 Å². The number of imidazole rings is 2. The standard InChI is InChI=1S/C8H5N5O2/c14-4-12-5-3-11-8(13-5)6(15)7-9-1-2-10-7/h1-3H,(H,9,10)(H,11,13). The molecular formula is C8H5N5O2. The second kappa shape index (κ2) is 3.69. The maximum Gasteiger partial charge on any atom is 0.263 e. The van der Waals surface area contributed by atoms with Crippen molar-refractivity contribution < 1.29 is 9.59 Å². The maximum atomic E-state index is 11.6. The molecular weight excluding hydrogens is 198 g/mol. The van der Waals surface area contributed by atoms with Crippen LogP contribution in [0.1, 0.15) is 16.4 Å². The first kappa shape index (κ1) is 9.04. The largest absolute Gasteiger partial charge is 0.342 e. The van der Waals surface area contributed by atoms with Gasteiger partial charge in [-0.25, -0.2) is 14.8 Å². The zero-order chi connectivity index (χ0) is 10.7. The van der Waals surface area contributed by atoms with E-state index in [1.54, 1.807) is 0 Å². The first-order valence-electron chi connectivity index (χ1n) is 3.98. The van der Waals surface area contributed by atoms with Gasteiger partial charge in [0.25, 0.3) is 5.78 Å². The summed E-state index contributed by atoms with van der Waals surface area (Å²) >= 11 is 0. The minimum atomic E-state index is -0.396. The molecule has 7 heteroatoms. The van der Waals surface area contributed by atoms with Crippen LogP contribution in [0.25, 0.3) is 0 Å². The highest BCUT2D eigenvalue weighted by atomic mass is 16.1. The van der Waals surface area contributed by atoms with Gasteiger partial charge in [0.1, 0.15) is 0 Å². The minimum Gasteiger partial charge on any atom is -0.342 e. The van der Waals surface area contributed by atoms with Gasteiger partial charge in [-0.15, -0.1) is 4.99 Å². The van der Waals surface area contributed by atoms with Crippen LogP contribution in [-0.4, -0.2) is 31.8 Å². The topological polar surface area (TPSA) is 104 Å². The van der Waals surface area contributed by atoms with Crippen LogP contribution >= 0.6 is 0 Å². The average Bonchev–Trinajstić information content (AvgIpc) is 2.87. The summed E-state index contributed by atoms with van der Waals surface area (Å²) in [6.07, 6.45) is 5.65. The molecule has 7 nitrogen and oxygen atoms in total. The molecule has 0 aromatic carbocycles. The number of carbonyl (C=O) groups is 1. The van der Waals surface area contributed by atoms with Crippen LogP contribution in [0.3, 0.4) is 0 Å². The summed E-state index contributed by atoms with van der Waals surface area (Å²) in [5.41, 5.74) is 0. The molecule has 2 heterocycles. The van der Waals surface area contributed by atoms with E-state index in [4.69, 9.17) is 0 Å². The summed E-state index contributed by atoms with van der Waals surface area (Å²) in [7, 11) is 0. The van der Waals surface area contributed by atoms with Crippen molar-refractivity contribution in [1.29, 1.82) is 0 Å². The number of aromatic nitrogens is 4. The molecule has 0 unspecified atom stereocenters. The second-order valence-electron chi connectivity index (χ2n) is 2.58. The molecule has 2 rings (SSSR count). The Kier molecular flexibility index (Phi) is 2.22. The number of rotatable bonds is 3. The van der Waals surface area contributed by atoms with Crippen LogP contribution in [0.15, 0.2) is 23.6 Å². The predicted molar refractivity (Wildman–Crippen MR) is 48.4 cm³/mol. The summed E-state index contributed by atoms with van der Waals surface area (Å²) in [5, 5.41) is 0. The minimum absolute atomic E-state index is 0.0685. The van der Waals surface area contributed by atoms with Gasteiger partial charge in [-0.2, -0.15) is 0 Å². The van der Waals surface area contributed by atoms with Crippen LogP contribution in [0.5, 0.6) is 0 Å². The van der Waals surface area contributed by atoms with Gasteiger partial charge < -0.3 is 9.97 Å². The first-order valence-corrected chi connectivity index (χ1v) is 3.98. The molecule has 0 radical (unpaired) electrons. The Bertz CT molecular complexity index is 521. The summed E-state index contributed by atoms with van der Waals surface area (Å²) < 4.78 is 0. The third-order valence-corrected chi connectivity index (χ3v) is 1.65. The molecule has 0 amide bonds. The average molecular weight is 203 g/mol. The Balaban J connectivity index is 2.30. The Morgan fingerprint density at radius 2 is 2.27 bits per heavy atom. The molecule has 0 atom stereocenters. The van der Waals surface area contributed by atoms with Gasteiger partial charge in [-0.3, -0.25) is 4.79 Å². The lowest BCUT2D eigenvalue weighted by atomic mass is 10.3. The number of nitrogens with zero attached hydrogens (tertiary/aromatic N) is 3. The molecule has 0 fully saturated rings. The van der Waals surface area contributed by atoms with E-state index in [0.29, 0.717) is 0 Å². The van der Waals surface area contributed by atoms with E-state index in [1.165, 1.54) is 24.7 Å². The number of ketones is 1. The van der Waals surface area contributed by atoms with Gasteiger partial charge in [-0.1, -0.05) is 0 Å². The van der Waals surface area contributed by atoms with E-state index < -0.39 is 5.78 Å². The summed E-state index contributed by atoms with van der Waals surface area (Å²) in [6.45, 7) is 0. The number of carbonyl (C=O) groups excluding carboxylic acids is 2. The van der Waals surface area contributed by atoms with Crippen molar-refractivity contribution in [2.24, 2.45) is 4.99 Å². The van der Waals surface area contributed by atoms with Crippen LogP contribution in [-0.2, 0) is 4.79 Å². The molecule has 0 saturated heterocycles. The predicted octanol–water partition coefficient (Wildman–Crippen LogP) is 0.331. The third-order valence-electron chi connectivity index (χ3n) is 1.65. The third kappa shape index (κ3) is 1.72. The fourth-order valence-corrected chi connectivity index (χ4v) is 1.03. The number of aromatic amines is 2. The van der Waals surface area contributed by atoms with Gasteiger partial charge >= 0.3 is 0 Å². The van der Waals surface area contributed by atoms with Crippen molar-refractivity contribution in [3.05, 3.63) is 30.2 Å². The monoisotopic (exact) mass is 203 g/mol. The van der Waals surface area contributed by atoms with Crippen LogP contribution in [0.4, 0.5) is 5.82 Å². The van der Waals surface area contributed by atoms with E-state index in [9.17, 15) is 9.59 Å². The number of isocyanates is 1. The number of nitrogens with one attached hydrogen (secondary N) is 2. The fraction of sp³-hybridized carbons (Fsp3) is 0. The SMILES string of the molecule is O=C=Nc1c[nH]c(C(=O)c2ncc[nH]2)n1. The van der Waals surface area contributed by atoms with E-state index in [0.717, 1.165) is 0 Å². The van der Waals surface area contributed by atoms with Gasteiger partial charge in [0.15, 0.2) is 17.5 Å². The fourth-order valence-electron chi connectivity index (χ4n) is 1.03. The van der Waals surface area contributed by atoms with Crippen molar-refractivity contribution in [2.45, 2.75) is 0 Å². The molecule has 2 aromatic heterocycles. The Morgan fingerprint density at radius 3 is 2.93 bits per heavy atom. The molecule has 0 bridgehead atoms. The van der Waals surface area contributed by atoms with Crippen LogP contribution in [0.2, 0.25) is 0 Å². The number of H-pyrrole nitrogens is 2. The van der Waals surface area contributed by atoms with Crippen LogP contribution in [0, 0.1) is 0 Å². The normalized spacial score (nSPS) is 9.60. The van der Waals surface area contributed by atoms with Crippen LogP contribution < -0.4 is 0 Å². The molecule has 0 spiro atoms. The first-order chi connectivity index (χ1) is 7.31. The maximum absolute atomic E-state index is 11.6. The van der Waals surface area contributed by atoms with Gasteiger partial charge in [-0.05, 0) is 0 Å². The summed E-state index contributed by atoms with van der Waals surface area (Å²) in [6, 6.07) is 0. The number of aliphatic imine (C=N–C) groups is 1. The molecule has 15 heavy (non-hydrogen) atoms. The summed E-state index contributed by atoms with van der Waals surface area (Å²) in [4.78, 5) is 37.6. The number of hydrogen-bond donors (Lipinski definition) is 2. The quantitative estimate of drug-likeness (QED) is 0.426. The van der Waals surface area contributed by atoms with E-state index in [1.807, 2.05) is 0 Å². The van der Waals surface area contributed by atoms with Crippen molar-refractivity contribution in [2.75, 3.05) is 0 Å². The zero-order valence-corrected chi connectivity index (χ0v) is 7.39. The second-order valence-corrected chi connectivity index (χ2v) is 2.58. The Labute approximate surface area is 83.3 Å². The van der Waals surface area contributed by atoms with Gasteiger partial charge in [0, 0.05) is 18.6 Å².